The van der Waals surface area contributed by atoms with E-state index >= 15 is 0 Å². The summed E-state index contributed by atoms with van der Waals surface area (Å²) in [6, 6.07) is 0.553. The molecule has 5 heteroatoms. The maximum Gasteiger partial charge on any atom is 0.147 e. The summed E-state index contributed by atoms with van der Waals surface area (Å²) in [5, 5.41) is 8.19. The van der Waals surface area contributed by atoms with E-state index in [0.29, 0.717) is 12.0 Å². The standard InChI is InChI=1S/C13H25N5/c1-3-17(13-10-15-16-18(13)4-2)12-8-6-5-7-11(12)9-14/h10-12H,3-9,14H2,1-2H3. The van der Waals surface area contributed by atoms with E-state index in [9.17, 15) is 0 Å². The van der Waals surface area contributed by atoms with Gasteiger partial charge in [0.2, 0.25) is 0 Å². The number of hydrogen-bond donors (Lipinski definition) is 1. The van der Waals surface area contributed by atoms with Gasteiger partial charge >= 0.3 is 0 Å². The molecule has 1 aromatic rings. The molecule has 0 radical (unpaired) electrons. The summed E-state index contributed by atoms with van der Waals surface area (Å²) >= 11 is 0. The molecule has 102 valence electrons. The van der Waals surface area contributed by atoms with Crippen LogP contribution < -0.4 is 10.6 Å². The third-order valence-corrected chi connectivity index (χ3v) is 4.10. The van der Waals surface area contributed by atoms with Crippen LogP contribution in [-0.4, -0.2) is 34.1 Å². The first kappa shape index (κ1) is 13.3. The third-order valence-electron chi connectivity index (χ3n) is 4.10. The van der Waals surface area contributed by atoms with Crippen molar-refractivity contribution in [1.82, 2.24) is 15.0 Å². The summed E-state index contributed by atoms with van der Waals surface area (Å²) in [5.41, 5.74) is 5.95. The van der Waals surface area contributed by atoms with Gasteiger partial charge in [0.1, 0.15) is 5.82 Å². The molecule has 0 amide bonds. The quantitative estimate of drug-likeness (QED) is 0.864. The van der Waals surface area contributed by atoms with Gasteiger partial charge in [-0.25, -0.2) is 4.68 Å². The maximum atomic E-state index is 5.95. The van der Waals surface area contributed by atoms with Crippen molar-refractivity contribution in [1.29, 1.82) is 0 Å². The van der Waals surface area contributed by atoms with Gasteiger partial charge in [-0.1, -0.05) is 18.1 Å². The smallest absolute Gasteiger partial charge is 0.147 e. The number of nitrogens with two attached hydrogens (primary N) is 1. The highest BCUT2D eigenvalue weighted by Gasteiger charge is 2.30. The zero-order valence-electron chi connectivity index (χ0n) is 11.5. The lowest BCUT2D eigenvalue weighted by Crippen LogP contribution is -2.46. The fourth-order valence-corrected chi connectivity index (χ4v) is 3.14. The van der Waals surface area contributed by atoms with Crippen LogP contribution in [0.3, 0.4) is 0 Å². The van der Waals surface area contributed by atoms with E-state index in [-0.39, 0.29) is 0 Å². The van der Waals surface area contributed by atoms with E-state index in [1.807, 2.05) is 10.9 Å². The second-order valence-corrected chi connectivity index (χ2v) is 5.04. The molecule has 2 unspecified atom stereocenters. The molecule has 1 saturated carbocycles. The number of nitrogens with zero attached hydrogens (tertiary/aromatic N) is 4. The van der Waals surface area contributed by atoms with Gasteiger partial charge in [-0.05, 0) is 39.2 Å². The molecule has 0 bridgehead atoms. The molecule has 0 saturated heterocycles. The molecule has 0 spiro atoms. The Kier molecular flexibility index (Phi) is 4.58. The number of anilines is 1. The number of rotatable bonds is 5. The Morgan fingerprint density at radius 1 is 1.39 bits per heavy atom. The molecule has 2 rings (SSSR count). The lowest BCUT2D eigenvalue weighted by Gasteiger charge is -2.40. The van der Waals surface area contributed by atoms with Gasteiger partial charge in [0, 0.05) is 19.1 Å². The van der Waals surface area contributed by atoms with Crippen molar-refractivity contribution >= 4 is 5.82 Å². The molecular weight excluding hydrogens is 226 g/mol. The Morgan fingerprint density at radius 3 is 2.83 bits per heavy atom. The zero-order chi connectivity index (χ0) is 13.0. The monoisotopic (exact) mass is 251 g/mol. The molecule has 1 aromatic heterocycles. The molecular formula is C13H25N5. The minimum atomic E-state index is 0.553. The van der Waals surface area contributed by atoms with E-state index in [4.69, 9.17) is 5.73 Å². The number of aryl methyl sites for hydroxylation is 1. The summed E-state index contributed by atoms with van der Waals surface area (Å²) in [6.45, 7) is 6.96. The Morgan fingerprint density at radius 2 is 2.17 bits per heavy atom. The number of aromatic nitrogens is 3. The van der Waals surface area contributed by atoms with Gasteiger partial charge < -0.3 is 10.6 Å². The molecule has 1 fully saturated rings. The molecule has 1 heterocycles. The van der Waals surface area contributed by atoms with Crippen LogP contribution in [0.4, 0.5) is 5.82 Å². The molecule has 5 nitrogen and oxygen atoms in total. The lowest BCUT2D eigenvalue weighted by molar-refractivity contribution is 0.297. The summed E-state index contributed by atoms with van der Waals surface area (Å²) < 4.78 is 1.98. The van der Waals surface area contributed by atoms with E-state index < -0.39 is 0 Å². The fraction of sp³-hybridized carbons (Fsp3) is 0.846. The molecule has 2 N–H and O–H groups in total. The van der Waals surface area contributed by atoms with Crippen LogP contribution >= 0.6 is 0 Å². The normalized spacial score (nSPS) is 24.2. The molecule has 18 heavy (non-hydrogen) atoms. The minimum absolute atomic E-state index is 0.553. The third kappa shape index (κ3) is 2.51. The van der Waals surface area contributed by atoms with Crippen LogP contribution in [0, 0.1) is 5.92 Å². The van der Waals surface area contributed by atoms with E-state index in [1.54, 1.807) is 0 Å². The second-order valence-electron chi connectivity index (χ2n) is 5.04. The van der Waals surface area contributed by atoms with Gasteiger partial charge in [0.05, 0.1) is 6.20 Å². The second kappa shape index (κ2) is 6.18. The van der Waals surface area contributed by atoms with Crippen LogP contribution in [0.15, 0.2) is 6.20 Å². The van der Waals surface area contributed by atoms with Gasteiger partial charge in [-0.2, -0.15) is 0 Å². The highest BCUT2D eigenvalue weighted by Crippen LogP contribution is 2.30. The van der Waals surface area contributed by atoms with Gasteiger partial charge in [0.15, 0.2) is 0 Å². The Bertz CT molecular complexity index is 362. The van der Waals surface area contributed by atoms with E-state index in [0.717, 1.165) is 25.5 Å². The predicted molar refractivity (Wildman–Crippen MR) is 73.5 cm³/mol. The van der Waals surface area contributed by atoms with Crippen LogP contribution in [0.2, 0.25) is 0 Å². The lowest BCUT2D eigenvalue weighted by atomic mass is 9.83. The SMILES string of the molecule is CCN(c1cnnn1CC)C1CCCCC1CN. The molecule has 2 atom stereocenters. The van der Waals surface area contributed by atoms with Crippen LogP contribution in [-0.2, 0) is 6.54 Å². The average molecular weight is 251 g/mol. The van der Waals surface area contributed by atoms with Crippen molar-refractivity contribution in [2.75, 3.05) is 18.0 Å². The van der Waals surface area contributed by atoms with Crippen molar-refractivity contribution in [3.8, 4) is 0 Å². The highest BCUT2D eigenvalue weighted by atomic mass is 15.5. The minimum Gasteiger partial charge on any atom is -0.352 e. The fourth-order valence-electron chi connectivity index (χ4n) is 3.14. The summed E-state index contributed by atoms with van der Waals surface area (Å²) in [7, 11) is 0. The summed E-state index contributed by atoms with van der Waals surface area (Å²) in [4.78, 5) is 2.44. The predicted octanol–water partition coefficient (Wildman–Crippen LogP) is 1.64. The van der Waals surface area contributed by atoms with Crippen molar-refractivity contribution in [2.24, 2.45) is 11.7 Å². The van der Waals surface area contributed by atoms with Crippen LogP contribution in [0.1, 0.15) is 39.5 Å². The first-order chi connectivity index (χ1) is 8.81. The van der Waals surface area contributed by atoms with Gasteiger partial charge in [0.25, 0.3) is 0 Å². The molecule has 0 aromatic carbocycles. The Balaban J connectivity index is 2.21. The number of hydrogen-bond acceptors (Lipinski definition) is 4. The van der Waals surface area contributed by atoms with Crippen molar-refractivity contribution in [3.05, 3.63) is 6.20 Å². The van der Waals surface area contributed by atoms with Crippen molar-refractivity contribution < 1.29 is 0 Å². The van der Waals surface area contributed by atoms with Crippen molar-refractivity contribution in [3.63, 3.8) is 0 Å². The van der Waals surface area contributed by atoms with Gasteiger partial charge in [-0.3, -0.25) is 0 Å². The average Bonchev–Trinajstić information content (AvgIpc) is 2.88. The largest absolute Gasteiger partial charge is 0.352 e. The zero-order valence-corrected chi connectivity index (χ0v) is 11.5. The van der Waals surface area contributed by atoms with Crippen molar-refractivity contribution in [2.45, 2.75) is 52.1 Å². The Hall–Kier alpha value is -1.10. The topological polar surface area (TPSA) is 60.0 Å². The Labute approximate surface area is 109 Å². The molecule has 1 aliphatic rings. The first-order valence-electron chi connectivity index (χ1n) is 7.17. The first-order valence-corrected chi connectivity index (χ1v) is 7.17. The van der Waals surface area contributed by atoms with Crippen LogP contribution in [0.5, 0.6) is 0 Å². The molecule has 1 aliphatic carbocycles. The summed E-state index contributed by atoms with van der Waals surface area (Å²) in [5.74, 6) is 1.75. The summed E-state index contributed by atoms with van der Waals surface area (Å²) in [6.07, 6.45) is 7.01. The van der Waals surface area contributed by atoms with E-state index in [2.05, 4.69) is 29.1 Å². The van der Waals surface area contributed by atoms with Gasteiger partial charge in [-0.15, -0.1) is 5.10 Å². The molecule has 0 aliphatic heterocycles. The van der Waals surface area contributed by atoms with E-state index in [1.165, 1.54) is 25.7 Å². The highest BCUT2D eigenvalue weighted by molar-refractivity contribution is 5.38. The van der Waals surface area contributed by atoms with Crippen LogP contribution in [0.25, 0.3) is 0 Å². The maximum absolute atomic E-state index is 5.95.